The highest BCUT2D eigenvalue weighted by Gasteiger charge is 2.35. The topological polar surface area (TPSA) is 42.7 Å². The summed E-state index contributed by atoms with van der Waals surface area (Å²) in [7, 11) is 0. The summed E-state index contributed by atoms with van der Waals surface area (Å²) in [6, 6.07) is 4.75. The van der Waals surface area contributed by atoms with Gasteiger partial charge in [-0.25, -0.2) is 9.50 Å². The lowest BCUT2D eigenvalue weighted by molar-refractivity contribution is -0.142. The molecule has 0 radical (unpaired) electrons. The first kappa shape index (κ1) is 17.4. The second-order valence-electron chi connectivity index (χ2n) is 6.23. The van der Waals surface area contributed by atoms with Gasteiger partial charge in [0.15, 0.2) is 11.3 Å². The van der Waals surface area contributed by atoms with Crippen molar-refractivity contribution in [3.63, 3.8) is 0 Å². The van der Waals surface area contributed by atoms with Gasteiger partial charge in [0.25, 0.3) is 0 Å². The second-order valence-corrected chi connectivity index (χ2v) is 7.52. The van der Waals surface area contributed by atoms with Gasteiger partial charge in [-0.3, -0.25) is 4.90 Å². The van der Waals surface area contributed by atoms with E-state index in [0.29, 0.717) is 35.9 Å². The normalized spacial score (nSPS) is 16.5. The number of alkyl halides is 3. The molecule has 0 amide bonds. The predicted molar refractivity (Wildman–Crippen MR) is 92.1 cm³/mol. The van der Waals surface area contributed by atoms with Gasteiger partial charge in [-0.15, -0.1) is 11.3 Å². The molecule has 0 N–H and O–H groups in total. The average molecular weight is 382 g/mol. The number of rotatable bonds is 3. The Labute approximate surface area is 152 Å². The highest BCUT2D eigenvalue weighted by molar-refractivity contribution is 7.15. The monoisotopic (exact) mass is 382 g/mol. The van der Waals surface area contributed by atoms with Crippen molar-refractivity contribution in [2.24, 2.45) is 0 Å². The Kier molecular flexibility index (Phi) is 4.45. The number of morpholine rings is 1. The molecular weight excluding hydrogens is 365 g/mol. The molecule has 0 aliphatic carbocycles. The molecule has 3 aromatic heterocycles. The summed E-state index contributed by atoms with van der Waals surface area (Å²) in [4.78, 5) is 8.39. The van der Waals surface area contributed by atoms with E-state index in [1.165, 1.54) is 17.5 Å². The molecule has 0 aromatic carbocycles. The fourth-order valence-corrected chi connectivity index (χ4v) is 3.85. The Morgan fingerprint density at radius 1 is 1.23 bits per heavy atom. The number of hydrogen-bond acceptors (Lipinski definition) is 5. The maximum Gasteiger partial charge on any atom is 0.433 e. The van der Waals surface area contributed by atoms with Crippen LogP contribution in [-0.2, 0) is 17.5 Å². The van der Waals surface area contributed by atoms with E-state index in [4.69, 9.17) is 4.74 Å². The second kappa shape index (κ2) is 6.64. The number of hydrogen-bond donors (Lipinski definition) is 0. The zero-order valence-corrected chi connectivity index (χ0v) is 14.9. The lowest BCUT2D eigenvalue weighted by Crippen LogP contribution is -2.35. The van der Waals surface area contributed by atoms with E-state index in [2.05, 4.69) is 15.0 Å². The molecule has 1 saturated heterocycles. The maximum absolute atomic E-state index is 13.6. The first-order chi connectivity index (χ1) is 12.4. The number of ether oxygens (including phenoxy) is 1. The molecule has 1 fully saturated rings. The van der Waals surface area contributed by atoms with Crippen molar-refractivity contribution in [2.45, 2.75) is 19.6 Å². The van der Waals surface area contributed by atoms with Crippen LogP contribution >= 0.6 is 11.3 Å². The van der Waals surface area contributed by atoms with E-state index >= 15 is 0 Å². The smallest absolute Gasteiger partial charge is 0.379 e. The van der Waals surface area contributed by atoms with Crippen molar-refractivity contribution in [3.05, 3.63) is 40.5 Å². The standard InChI is InChI=1S/C17H17F3N4OS/c1-11-2-3-14(26-11)13-8-15(17(18,19)20)24-16(22-13)12(9-21-24)10-23-4-6-25-7-5-23/h2-3,8-9H,4-7,10H2,1H3. The van der Waals surface area contributed by atoms with E-state index in [1.807, 2.05) is 13.0 Å². The van der Waals surface area contributed by atoms with Gasteiger partial charge in [0.1, 0.15) is 0 Å². The molecule has 0 bridgehead atoms. The molecule has 26 heavy (non-hydrogen) atoms. The van der Waals surface area contributed by atoms with Gasteiger partial charge in [-0.1, -0.05) is 0 Å². The number of fused-ring (bicyclic) bond motifs is 1. The Hall–Kier alpha value is -1.97. The van der Waals surface area contributed by atoms with E-state index in [0.717, 1.165) is 28.5 Å². The van der Waals surface area contributed by atoms with Gasteiger partial charge in [-0.05, 0) is 25.1 Å². The van der Waals surface area contributed by atoms with Gasteiger partial charge in [-0.2, -0.15) is 18.3 Å². The summed E-state index contributed by atoms with van der Waals surface area (Å²) >= 11 is 1.43. The molecule has 5 nitrogen and oxygen atoms in total. The fourth-order valence-electron chi connectivity index (χ4n) is 3.02. The zero-order chi connectivity index (χ0) is 18.3. The minimum Gasteiger partial charge on any atom is -0.379 e. The molecule has 4 rings (SSSR count). The predicted octanol–water partition coefficient (Wildman–Crippen LogP) is 3.62. The van der Waals surface area contributed by atoms with Crippen LogP contribution < -0.4 is 0 Å². The van der Waals surface area contributed by atoms with Gasteiger partial charge in [0, 0.05) is 30.1 Å². The van der Waals surface area contributed by atoms with Crippen LogP contribution in [0.1, 0.15) is 16.1 Å². The van der Waals surface area contributed by atoms with Crippen molar-refractivity contribution in [2.75, 3.05) is 26.3 Å². The SMILES string of the molecule is Cc1ccc(-c2cc(C(F)(F)F)n3ncc(CN4CCOCC4)c3n2)s1. The number of nitrogens with zero attached hydrogens (tertiary/aromatic N) is 4. The van der Waals surface area contributed by atoms with E-state index < -0.39 is 11.9 Å². The van der Waals surface area contributed by atoms with Crippen LogP contribution in [0.2, 0.25) is 0 Å². The largest absolute Gasteiger partial charge is 0.433 e. The summed E-state index contributed by atoms with van der Waals surface area (Å²) in [5.74, 6) is 0. The summed E-state index contributed by atoms with van der Waals surface area (Å²) in [6.07, 6.45) is -3.03. The Morgan fingerprint density at radius 3 is 2.65 bits per heavy atom. The van der Waals surface area contributed by atoms with Gasteiger partial charge < -0.3 is 4.74 Å². The molecule has 3 aromatic rings. The van der Waals surface area contributed by atoms with E-state index in [1.54, 1.807) is 6.07 Å². The van der Waals surface area contributed by atoms with Crippen LogP contribution in [0.5, 0.6) is 0 Å². The van der Waals surface area contributed by atoms with Gasteiger partial charge in [0.2, 0.25) is 0 Å². The minimum absolute atomic E-state index is 0.257. The molecule has 138 valence electrons. The Balaban J connectivity index is 1.82. The van der Waals surface area contributed by atoms with E-state index in [9.17, 15) is 13.2 Å². The van der Waals surface area contributed by atoms with Crippen molar-refractivity contribution in [1.29, 1.82) is 0 Å². The lowest BCUT2D eigenvalue weighted by Gasteiger charge is -2.26. The molecule has 4 heterocycles. The first-order valence-corrected chi connectivity index (χ1v) is 9.05. The molecule has 0 atom stereocenters. The summed E-state index contributed by atoms with van der Waals surface area (Å²) in [5, 5.41) is 3.97. The fraction of sp³-hybridized carbons (Fsp3) is 0.412. The Bertz CT molecular complexity index is 928. The lowest BCUT2D eigenvalue weighted by atomic mass is 10.2. The third-order valence-electron chi connectivity index (χ3n) is 4.33. The van der Waals surface area contributed by atoms with Gasteiger partial charge in [0.05, 0.1) is 30.0 Å². The summed E-state index contributed by atoms with van der Waals surface area (Å²) in [6.45, 7) is 5.16. The van der Waals surface area contributed by atoms with Crippen molar-refractivity contribution in [3.8, 4) is 10.6 Å². The van der Waals surface area contributed by atoms with Crippen LogP contribution in [0.25, 0.3) is 16.2 Å². The highest BCUT2D eigenvalue weighted by Crippen LogP contribution is 2.34. The highest BCUT2D eigenvalue weighted by atomic mass is 32.1. The maximum atomic E-state index is 13.6. The molecule has 1 aliphatic heterocycles. The molecule has 9 heteroatoms. The van der Waals surface area contributed by atoms with Crippen LogP contribution in [0.15, 0.2) is 24.4 Å². The van der Waals surface area contributed by atoms with E-state index in [-0.39, 0.29) is 5.65 Å². The summed E-state index contributed by atoms with van der Waals surface area (Å²) < 4.78 is 46.9. The molecule has 0 unspecified atom stereocenters. The third kappa shape index (κ3) is 3.34. The first-order valence-electron chi connectivity index (χ1n) is 8.23. The van der Waals surface area contributed by atoms with Gasteiger partial charge >= 0.3 is 6.18 Å². The van der Waals surface area contributed by atoms with Crippen molar-refractivity contribution in [1.82, 2.24) is 19.5 Å². The van der Waals surface area contributed by atoms with Crippen LogP contribution in [0.4, 0.5) is 13.2 Å². The van der Waals surface area contributed by atoms with Crippen LogP contribution in [-0.4, -0.2) is 45.8 Å². The molecule has 0 saturated carbocycles. The van der Waals surface area contributed by atoms with Crippen LogP contribution in [0.3, 0.4) is 0 Å². The molecular formula is C17H17F3N4OS. The minimum atomic E-state index is -4.51. The molecule has 1 aliphatic rings. The zero-order valence-electron chi connectivity index (χ0n) is 14.1. The number of halogens is 3. The number of aryl methyl sites for hydroxylation is 1. The number of thiophene rings is 1. The number of aromatic nitrogens is 3. The third-order valence-corrected chi connectivity index (χ3v) is 5.35. The van der Waals surface area contributed by atoms with Crippen molar-refractivity contribution < 1.29 is 17.9 Å². The average Bonchev–Trinajstić information content (AvgIpc) is 3.21. The summed E-state index contributed by atoms with van der Waals surface area (Å²) in [5.41, 5.74) is 0.461. The van der Waals surface area contributed by atoms with Crippen LogP contribution in [0, 0.1) is 6.92 Å². The Morgan fingerprint density at radius 2 is 2.00 bits per heavy atom. The quantitative estimate of drug-likeness (QED) is 0.694. The van der Waals surface area contributed by atoms with Crippen molar-refractivity contribution >= 4 is 17.0 Å². The molecule has 0 spiro atoms.